The van der Waals surface area contributed by atoms with Crippen LogP contribution < -0.4 is 0 Å². The number of carbonyl (C=O) groups is 4. The maximum Gasteiger partial charge on any atom is 0.306 e. The van der Waals surface area contributed by atoms with E-state index in [2.05, 4.69) is 13.8 Å². The molecule has 0 aromatic rings. The Labute approximate surface area is 188 Å². The molecule has 4 aliphatic carbocycles. The van der Waals surface area contributed by atoms with E-state index in [1.807, 2.05) is 6.08 Å². The summed E-state index contributed by atoms with van der Waals surface area (Å²) in [6.07, 6.45) is 6.04. The molecule has 0 bridgehead atoms. The van der Waals surface area contributed by atoms with Gasteiger partial charge in [-0.25, -0.2) is 0 Å². The van der Waals surface area contributed by atoms with Crippen LogP contribution in [0.5, 0.6) is 0 Å². The molecule has 4 aliphatic rings. The van der Waals surface area contributed by atoms with Crippen molar-refractivity contribution in [3.05, 3.63) is 11.6 Å². The molecule has 0 aliphatic heterocycles. The lowest BCUT2D eigenvalue weighted by Crippen LogP contribution is -2.57. The summed E-state index contributed by atoms with van der Waals surface area (Å²) in [5.41, 5.74) is 0.698. The smallest absolute Gasteiger partial charge is 0.306 e. The second-order valence-electron chi connectivity index (χ2n) is 10.8. The molecule has 0 heterocycles. The summed E-state index contributed by atoms with van der Waals surface area (Å²) < 4.78 is 5.07. The third-order valence-corrected chi connectivity index (χ3v) is 9.20. The minimum absolute atomic E-state index is 0.108. The first-order valence-corrected chi connectivity index (χ1v) is 11.9. The lowest BCUT2D eigenvalue weighted by molar-refractivity contribution is -0.156. The van der Waals surface area contributed by atoms with Crippen molar-refractivity contribution >= 4 is 23.5 Å². The van der Waals surface area contributed by atoms with E-state index in [0.29, 0.717) is 24.7 Å². The van der Waals surface area contributed by atoms with Crippen LogP contribution in [0.15, 0.2) is 11.6 Å². The Bertz CT molecular complexity index is 860. The predicted molar refractivity (Wildman–Crippen MR) is 114 cm³/mol. The van der Waals surface area contributed by atoms with Gasteiger partial charge in [0.1, 0.15) is 6.61 Å². The number of carboxylic acids is 1. The third kappa shape index (κ3) is 3.82. The molecule has 3 saturated carbocycles. The number of hydrogen-bond donors (Lipinski definition) is 2. The van der Waals surface area contributed by atoms with Crippen LogP contribution in [-0.4, -0.2) is 46.4 Å². The van der Waals surface area contributed by atoms with Gasteiger partial charge in [0.25, 0.3) is 0 Å². The van der Waals surface area contributed by atoms with Gasteiger partial charge < -0.3 is 14.9 Å². The number of ether oxygens (including phenoxy) is 1. The summed E-state index contributed by atoms with van der Waals surface area (Å²) in [7, 11) is 0. The first kappa shape index (κ1) is 23.1. The van der Waals surface area contributed by atoms with E-state index in [0.717, 1.165) is 32.1 Å². The topological polar surface area (TPSA) is 118 Å². The maximum atomic E-state index is 13.0. The van der Waals surface area contributed by atoms with Gasteiger partial charge in [0.15, 0.2) is 11.6 Å². The van der Waals surface area contributed by atoms with E-state index in [4.69, 9.17) is 9.84 Å². The van der Waals surface area contributed by atoms with Crippen LogP contribution in [-0.2, 0) is 23.9 Å². The quantitative estimate of drug-likeness (QED) is 0.602. The Hall–Kier alpha value is -2.02. The molecule has 0 saturated heterocycles. The zero-order valence-corrected chi connectivity index (χ0v) is 19.0. The SMILES string of the molecule is C[C@]12CCC(=O)C=C1CCC1C2[C@@H](O)C[C@@]2(C)C1CC[C@@H]2C(=O)COC(=O)CCC(=O)O. The van der Waals surface area contributed by atoms with Crippen molar-refractivity contribution in [2.45, 2.75) is 77.7 Å². The summed E-state index contributed by atoms with van der Waals surface area (Å²) >= 11 is 0. The van der Waals surface area contributed by atoms with E-state index < -0.39 is 18.0 Å². The van der Waals surface area contributed by atoms with Crippen LogP contribution in [0.3, 0.4) is 0 Å². The number of Topliss-reactive ketones (excluding diaryl/α,β-unsaturated/α-hetero) is 1. The predicted octanol–water partition coefficient (Wildman–Crippen LogP) is 3.08. The van der Waals surface area contributed by atoms with E-state index in [1.165, 1.54) is 5.57 Å². The Morgan fingerprint density at radius 3 is 2.59 bits per heavy atom. The summed E-state index contributed by atoms with van der Waals surface area (Å²) in [5, 5.41) is 20.0. The summed E-state index contributed by atoms with van der Waals surface area (Å²) in [6, 6.07) is 0. The van der Waals surface area contributed by atoms with Gasteiger partial charge in [-0.15, -0.1) is 0 Å². The van der Waals surface area contributed by atoms with E-state index >= 15 is 0 Å². The first-order chi connectivity index (χ1) is 15.1. The molecule has 3 unspecified atom stereocenters. The highest BCUT2D eigenvalue weighted by Crippen LogP contribution is 2.66. The van der Waals surface area contributed by atoms with E-state index in [1.54, 1.807) is 0 Å². The van der Waals surface area contributed by atoms with Crippen molar-refractivity contribution in [3.8, 4) is 0 Å². The molecule has 7 heteroatoms. The van der Waals surface area contributed by atoms with Crippen LogP contribution >= 0.6 is 0 Å². The molecule has 2 N–H and O–H groups in total. The fraction of sp³-hybridized carbons (Fsp3) is 0.760. The third-order valence-electron chi connectivity index (χ3n) is 9.20. The molecular formula is C25H34O7. The molecule has 0 aromatic carbocycles. The van der Waals surface area contributed by atoms with Gasteiger partial charge in [-0.2, -0.15) is 0 Å². The number of hydrogen-bond acceptors (Lipinski definition) is 6. The largest absolute Gasteiger partial charge is 0.481 e. The number of aliphatic hydroxyl groups is 1. The van der Waals surface area contributed by atoms with Gasteiger partial charge in [-0.05, 0) is 73.2 Å². The van der Waals surface area contributed by atoms with Crippen LogP contribution in [0.4, 0.5) is 0 Å². The van der Waals surface area contributed by atoms with Crippen molar-refractivity contribution < 1.29 is 34.1 Å². The van der Waals surface area contributed by atoms with Crippen molar-refractivity contribution in [1.82, 2.24) is 0 Å². The molecule has 32 heavy (non-hydrogen) atoms. The van der Waals surface area contributed by atoms with Crippen LogP contribution in [0.25, 0.3) is 0 Å². The van der Waals surface area contributed by atoms with Crippen molar-refractivity contribution in [2.24, 2.45) is 34.5 Å². The minimum Gasteiger partial charge on any atom is -0.481 e. The molecule has 3 fully saturated rings. The summed E-state index contributed by atoms with van der Waals surface area (Å²) in [6.45, 7) is 3.99. The highest BCUT2D eigenvalue weighted by atomic mass is 16.5. The number of ketones is 2. The maximum absolute atomic E-state index is 13.0. The van der Waals surface area contributed by atoms with Crippen LogP contribution in [0.1, 0.15) is 71.6 Å². The zero-order valence-electron chi connectivity index (χ0n) is 19.0. The number of aliphatic carboxylic acids is 1. The zero-order chi connectivity index (χ0) is 23.3. The Morgan fingerprint density at radius 2 is 1.88 bits per heavy atom. The molecule has 0 spiro atoms. The second-order valence-corrected chi connectivity index (χ2v) is 10.8. The van der Waals surface area contributed by atoms with Crippen LogP contribution in [0, 0.1) is 34.5 Å². The lowest BCUT2D eigenvalue weighted by atomic mass is 9.46. The lowest BCUT2D eigenvalue weighted by Gasteiger charge is -2.59. The summed E-state index contributed by atoms with van der Waals surface area (Å²) in [4.78, 5) is 47.4. The number of carbonyl (C=O) groups excluding carboxylic acids is 3. The fourth-order valence-electron chi connectivity index (χ4n) is 7.75. The fourth-order valence-corrected chi connectivity index (χ4v) is 7.75. The van der Waals surface area contributed by atoms with Gasteiger partial charge in [-0.1, -0.05) is 19.4 Å². The Morgan fingerprint density at radius 1 is 1.12 bits per heavy atom. The van der Waals surface area contributed by atoms with E-state index in [9.17, 15) is 24.3 Å². The van der Waals surface area contributed by atoms with Crippen LogP contribution in [0.2, 0.25) is 0 Å². The molecule has 0 radical (unpaired) electrons. The minimum atomic E-state index is -1.08. The number of fused-ring (bicyclic) bond motifs is 5. The molecule has 0 aromatic heterocycles. The molecule has 7 nitrogen and oxygen atoms in total. The molecular weight excluding hydrogens is 412 g/mol. The standard InChI is InChI=1S/C25H34O7/c1-24-10-9-15(26)11-14(24)3-4-16-17-5-6-18(25(17,2)12-19(27)23(16)24)20(28)13-32-22(31)8-7-21(29)30/h11,16-19,23,27H,3-10,12-13H2,1-2H3,(H,29,30)/t16?,17?,18-,19+,23?,24+,25+/m1/s1. The van der Waals surface area contributed by atoms with Gasteiger partial charge in [-0.3, -0.25) is 19.2 Å². The van der Waals surface area contributed by atoms with Crippen molar-refractivity contribution in [2.75, 3.05) is 6.61 Å². The normalized spacial score (nSPS) is 40.5. The summed E-state index contributed by atoms with van der Waals surface area (Å²) in [5.74, 6) is -1.21. The monoisotopic (exact) mass is 446 g/mol. The average Bonchev–Trinajstić information content (AvgIpc) is 3.07. The molecule has 176 valence electrons. The Kier molecular flexibility index (Phi) is 6.07. The second kappa shape index (κ2) is 8.40. The van der Waals surface area contributed by atoms with Gasteiger partial charge in [0.05, 0.1) is 18.9 Å². The Balaban J connectivity index is 1.48. The number of esters is 1. The van der Waals surface area contributed by atoms with E-state index in [-0.39, 0.29) is 53.7 Å². The highest BCUT2D eigenvalue weighted by Gasteiger charge is 2.62. The van der Waals surface area contributed by atoms with Gasteiger partial charge in [0, 0.05) is 12.3 Å². The van der Waals surface area contributed by atoms with Crippen molar-refractivity contribution in [3.63, 3.8) is 0 Å². The first-order valence-electron chi connectivity index (χ1n) is 11.9. The number of aliphatic hydroxyl groups excluding tert-OH is 1. The highest BCUT2D eigenvalue weighted by molar-refractivity contribution is 5.91. The molecule has 7 atom stereocenters. The van der Waals surface area contributed by atoms with Gasteiger partial charge >= 0.3 is 11.9 Å². The average molecular weight is 447 g/mol. The number of allylic oxidation sites excluding steroid dienone is 1. The molecule has 0 amide bonds. The number of rotatable bonds is 6. The van der Waals surface area contributed by atoms with Gasteiger partial charge in [0.2, 0.25) is 0 Å². The molecule has 4 rings (SSSR count). The number of carboxylic acid groups (broad SMARTS) is 1. The van der Waals surface area contributed by atoms with Crippen molar-refractivity contribution in [1.29, 1.82) is 0 Å².